The predicted octanol–water partition coefficient (Wildman–Crippen LogP) is 1.96. The molecule has 5 nitrogen and oxygen atoms in total. The average Bonchev–Trinajstić information content (AvgIpc) is 3.24. The summed E-state index contributed by atoms with van der Waals surface area (Å²) in [6, 6.07) is 6.86. The van der Waals surface area contributed by atoms with Crippen LogP contribution < -0.4 is 0 Å². The van der Waals surface area contributed by atoms with E-state index in [1.54, 1.807) is 0 Å². The van der Waals surface area contributed by atoms with Crippen molar-refractivity contribution in [1.29, 1.82) is 0 Å². The van der Waals surface area contributed by atoms with Crippen LogP contribution in [-0.2, 0) is 11.2 Å². The van der Waals surface area contributed by atoms with E-state index in [1.165, 1.54) is 12.8 Å². The third-order valence-electron chi connectivity index (χ3n) is 5.39. The minimum Gasteiger partial charge on any atom is -0.338 e. The molecule has 2 aliphatic rings. The molecule has 2 aromatic rings. The Hall–Kier alpha value is -1.88. The van der Waals surface area contributed by atoms with Crippen molar-refractivity contribution in [2.24, 2.45) is 0 Å². The second kappa shape index (κ2) is 5.96. The van der Waals surface area contributed by atoms with Crippen molar-refractivity contribution in [2.45, 2.75) is 44.2 Å². The quantitative estimate of drug-likeness (QED) is 0.870. The van der Waals surface area contributed by atoms with E-state index in [0.717, 1.165) is 37.3 Å². The number of pyridine rings is 1. The largest absolute Gasteiger partial charge is 0.338 e. The lowest BCUT2D eigenvalue weighted by Crippen LogP contribution is -2.47. The number of hydrogen-bond donors (Lipinski definition) is 0. The molecule has 0 unspecified atom stereocenters. The van der Waals surface area contributed by atoms with Crippen molar-refractivity contribution in [3.05, 3.63) is 36.3 Å². The fourth-order valence-corrected chi connectivity index (χ4v) is 4.25. The Bertz CT molecular complexity index is 677. The van der Waals surface area contributed by atoms with Gasteiger partial charge in [0.2, 0.25) is 5.91 Å². The van der Waals surface area contributed by atoms with Crippen molar-refractivity contribution in [3.8, 4) is 0 Å². The van der Waals surface area contributed by atoms with Gasteiger partial charge in [0, 0.05) is 31.0 Å². The molecule has 0 saturated carbocycles. The Balaban J connectivity index is 1.49. The van der Waals surface area contributed by atoms with Gasteiger partial charge in [0.1, 0.15) is 5.65 Å². The molecule has 4 rings (SSSR count). The van der Waals surface area contributed by atoms with Gasteiger partial charge in [0.15, 0.2) is 0 Å². The third kappa shape index (κ3) is 2.74. The Morgan fingerprint density at radius 3 is 2.83 bits per heavy atom. The van der Waals surface area contributed by atoms with Crippen LogP contribution in [0.25, 0.3) is 5.65 Å². The topological polar surface area (TPSA) is 40.9 Å². The highest BCUT2D eigenvalue weighted by Crippen LogP contribution is 2.29. The average molecular weight is 312 g/mol. The summed E-state index contributed by atoms with van der Waals surface area (Å²) in [6.07, 6.45) is 9.11. The van der Waals surface area contributed by atoms with E-state index in [1.807, 2.05) is 35.0 Å². The van der Waals surface area contributed by atoms with Gasteiger partial charge >= 0.3 is 0 Å². The zero-order chi connectivity index (χ0) is 15.8. The summed E-state index contributed by atoms with van der Waals surface area (Å²) in [5.41, 5.74) is 1.77. The normalized spacial score (nSPS) is 25.5. The van der Waals surface area contributed by atoms with E-state index < -0.39 is 0 Å². The third-order valence-corrected chi connectivity index (χ3v) is 5.39. The maximum Gasteiger partial charge on any atom is 0.228 e. The lowest BCUT2D eigenvalue weighted by atomic mass is 10.0. The first-order valence-electron chi connectivity index (χ1n) is 8.65. The van der Waals surface area contributed by atoms with Gasteiger partial charge in [0.05, 0.1) is 12.1 Å². The molecule has 4 heterocycles. The van der Waals surface area contributed by atoms with E-state index in [2.05, 4.69) is 21.8 Å². The standard InChI is InChI=1S/C18H24N4O/c1-20-9-4-6-15(20)16-7-5-11-22(16)18(23)12-14-13-21-10-3-2-8-17(21)19-14/h2-3,8,10,13,15-16H,4-7,9,11-12H2,1H3/t15-,16-/m1/s1. The van der Waals surface area contributed by atoms with Gasteiger partial charge in [-0.05, 0) is 51.4 Å². The van der Waals surface area contributed by atoms with Gasteiger partial charge in [-0.15, -0.1) is 0 Å². The second-order valence-corrected chi connectivity index (χ2v) is 6.86. The summed E-state index contributed by atoms with van der Waals surface area (Å²) < 4.78 is 1.98. The van der Waals surface area contributed by atoms with Crippen LogP contribution in [0.15, 0.2) is 30.6 Å². The number of carbonyl (C=O) groups is 1. The molecule has 2 saturated heterocycles. The van der Waals surface area contributed by atoms with Gasteiger partial charge in [0.25, 0.3) is 0 Å². The highest BCUT2D eigenvalue weighted by Gasteiger charge is 2.38. The number of imidazole rings is 1. The Kier molecular flexibility index (Phi) is 3.81. The van der Waals surface area contributed by atoms with Crippen LogP contribution in [0.5, 0.6) is 0 Å². The first-order chi connectivity index (χ1) is 11.2. The molecule has 122 valence electrons. The Morgan fingerprint density at radius 2 is 2.04 bits per heavy atom. The molecule has 5 heteroatoms. The molecule has 0 bridgehead atoms. The van der Waals surface area contributed by atoms with E-state index in [4.69, 9.17) is 0 Å². The molecule has 0 aromatic carbocycles. The number of likely N-dealkylation sites (N-methyl/N-ethyl adjacent to an activating group) is 1. The zero-order valence-electron chi connectivity index (χ0n) is 13.7. The predicted molar refractivity (Wildman–Crippen MR) is 89.3 cm³/mol. The van der Waals surface area contributed by atoms with Gasteiger partial charge in [-0.3, -0.25) is 4.79 Å². The molecule has 2 aliphatic heterocycles. The molecule has 1 amide bonds. The van der Waals surface area contributed by atoms with Crippen LogP contribution in [0.3, 0.4) is 0 Å². The summed E-state index contributed by atoms with van der Waals surface area (Å²) >= 11 is 0. The van der Waals surface area contributed by atoms with E-state index >= 15 is 0 Å². The molecular weight excluding hydrogens is 288 g/mol. The van der Waals surface area contributed by atoms with Crippen molar-refractivity contribution >= 4 is 11.6 Å². The van der Waals surface area contributed by atoms with Crippen LogP contribution in [-0.4, -0.2) is 57.3 Å². The number of amides is 1. The number of fused-ring (bicyclic) bond motifs is 1. The first-order valence-corrected chi connectivity index (χ1v) is 8.65. The lowest BCUT2D eigenvalue weighted by Gasteiger charge is -2.33. The van der Waals surface area contributed by atoms with Gasteiger partial charge in [-0.25, -0.2) is 4.98 Å². The number of aromatic nitrogens is 2. The first kappa shape index (κ1) is 14.7. The number of nitrogens with zero attached hydrogens (tertiary/aromatic N) is 4. The molecule has 2 aromatic heterocycles. The molecule has 0 aliphatic carbocycles. The van der Waals surface area contributed by atoms with Crippen molar-refractivity contribution < 1.29 is 4.79 Å². The van der Waals surface area contributed by atoms with Crippen molar-refractivity contribution in [3.63, 3.8) is 0 Å². The highest BCUT2D eigenvalue weighted by atomic mass is 16.2. The van der Waals surface area contributed by atoms with Crippen LogP contribution in [0.4, 0.5) is 0 Å². The van der Waals surface area contributed by atoms with E-state index in [-0.39, 0.29) is 5.91 Å². The Labute approximate surface area is 136 Å². The summed E-state index contributed by atoms with van der Waals surface area (Å²) in [6.45, 7) is 2.07. The van der Waals surface area contributed by atoms with Crippen LogP contribution in [0, 0.1) is 0 Å². The van der Waals surface area contributed by atoms with Crippen LogP contribution in [0.1, 0.15) is 31.4 Å². The van der Waals surface area contributed by atoms with Gasteiger partial charge in [-0.2, -0.15) is 0 Å². The lowest BCUT2D eigenvalue weighted by molar-refractivity contribution is -0.132. The fourth-order valence-electron chi connectivity index (χ4n) is 4.25. The maximum atomic E-state index is 12.8. The Morgan fingerprint density at radius 1 is 1.22 bits per heavy atom. The fraction of sp³-hybridized carbons (Fsp3) is 0.556. The van der Waals surface area contributed by atoms with Crippen molar-refractivity contribution in [1.82, 2.24) is 19.2 Å². The minimum absolute atomic E-state index is 0.233. The van der Waals surface area contributed by atoms with Gasteiger partial charge in [-0.1, -0.05) is 6.07 Å². The summed E-state index contributed by atoms with van der Waals surface area (Å²) in [7, 11) is 2.20. The molecular formula is C18H24N4O. The van der Waals surface area contributed by atoms with E-state index in [9.17, 15) is 4.79 Å². The van der Waals surface area contributed by atoms with E-state index in [0.29, 0.717) is 18.5 Å². The maximum absolute atomic E-state index is 12.8. The van der Waals surface area contributed by atoms with Gasteiger partial charge < -0.3 is 14.2 Å². The molecule has 0 radical (unpaired) electrons. The number of hydrogen-bond acceptors (Lipinski definition) is 3. The number of carbonyl (C=O) groups excluding carboxylic acids is 1. The van der Waals surface area contributed by atoms with Crippen molar-refractivity contribution in [2.75, 3.05) is 20.1 Å². The number of rotatable bonds is 3. The minimum atomic E-state index is 0.233. The highest BCUT2D eigenvalue weighted by molar-refractivity contribution is 5.79. The van der Waals surface area contributed by atoms with Crippen LogP contribution in [0.2, 0.25) is 0 Å². The SMILES string of the molecule is CN1CCC[C@@H]1[C@H]1CCCN1C(=O)Cc1cn2ccccc2n1. The monoisotopic (exact) mass is 312 g/mol. The molecule has 0 spiro atoms. The summed E-state index contributed by atoms with van der Waals surface area (Å²) in [4.78, 5) is 21.9. The molecule has 23 heavy (non-hydrogen) atoms. The number of likely N-dealkylation sites (tertiary alicyclic amines) is 2. The second-order valence-electron chi connectivity index (χ2n) is 6.86. The smallest absolute Gasteiger partial charge is 0.228 e. The molecule has 2 fully saturated rings. The molecule has 0 N–H and O–H groups in total. The van der Waals surface area contributed by atoms with Crippen LogP contribution >= 0.6 is 0 Å². The summed E-state index contributed by atoms with van der Waals surface area (Å²) in [5.74, 6) is 0.233. The zero-order valence-corrected chi connectivity index (χ0v) is 13.7. The molecule has 2 atom stereocenters. The summed E-state index contributed by atoms with van der Waals surface area (Å²) in [5, 5.41) is 0.